The number of nitrogens with two attached hydrogens (primary N) is 1. The number of methoxy groups -OCH3 is 1. The van der Waals surface area contributed by atoms with E-state index in [0.717, 1.165) is 17.0 Å². The van der Waals surface area contributed by atoms with Gasteiger partial charge >= 0.3 is 0 Å². The first-order valence-electron chi connectivity index (χ1n) is 7.27. The van der Waals surface area contributed by atoms with Gasteiger partial charge < -0.3 is 20.5 Å². The Morgan fingerprint density at radius 3 is 2.65 bits per heavy atom. The molecule has 2 rings (SSSR count). The fraction of sp³-hybridized carbons (Fsp3) is 0.375. The summed E-state index contributed by atoms with van der Waals surface area (Å²) < 4.78 is 10.5. The average molecular weight is 335 g/mol. The van der Waals surface area contributed by atoms with Gasteiger partial charge in [-0.3, -0.25) is 4.79 Å². The summed E-state index contributed by atoms with van der Waals surface area (Å²) in [5.41, 5.74) is 7.43. The molecule has 1 heterocycles. The van der Waals surface area contributed by atoms with E-state index in [1.165, 1.54) is 18.4 Å². The van der Waals surface area contributed by atoms with Crippen molar-refractivity contribution in [3.63, 3.8) is 0 Å². The molecule has 7 heteroatoms. The molecule has 1 unspecified atom stereocenters. The predicted molar refractivity (Wildman–Crippen MR) is 91.8 cm³/mol. The zero-order chi connectivity index (χ0) is 16.8. The van der Waals surface area contributed by atoms with Crippen LogP contribution in [0.3, 0.4) is 0 Å². The van der Waals surface area contributed by atoms with Gasteiger partial charge in [-0.05, 0) is 38.1 Å². The first kappa shape index (κ1) is 17.4. The van der Waals surface area contributed by atoms with Crippen molar-refractivity contribution in [1.29, 1.82) is 0 Å². The zero-order valence-corrected chi connectivity index (χ0v) is 14.2. The maximum Gasteiger partial charge on any atom is 0.245 e. The first-order chi connectivity index (χ1) is 11.0. The second kappa shape index (κ2) is 8.05. The van der Waals surface area contributed by atoms with Gasteiger partial charge in [0.2, 0.25) is 5.91 Å². The Hall–Kier alpha value is -1.96. The van der Waals surface area contributed by atoms with Crippen LogP contribution in [0.5, 0.6) is 5.75 Å². The van der Waals surface area contributed by atoms with E-state index in [0.29, 0.717) is 5.13 Å². The van der Waals surface area contributed by atoms with Crippen LogP contribution < -0.4 is 15.8 Å². The Kier molecular flexibility index (Phi) is 6.09. The number of carbonyl (C=O) groups excluding carboxylic acids is 1. The molecule has 0 spiro atoms. The minimum Gasteiger partial charge on any atom is -0.491 e. The number of anilines is 1. The molecule has 0 fully saturated rings. The topological polar surface area (TPSA) is 86.5 Å². The van der Waals surface area contributed by atoms with Crippen LogP contribution >= 0.6 is 11.3 Å². The van der Waals surface area contributed by atoms with Gasteiger partial charge in [0.05, 0.1) is 18.4 Å². The smallest absolute Gasteiger partial charge is 0.245 e. The predicted octanol–water partition coefficient (Wildman–Crippen LogP) is 2.51. The van der Waals surface area contributed by atoms with E-state index in [1.807, 2.05) is 43.5 Å². The van der Waals surface area contributed by atoms with E-state index < -0.39 is 6.04 Å². The molecule has 1 amide bonds. The van der Waals surface area contributed by atoms with Crippen molar-refractivity contribution in [2.24, 2.45) is 5.73 Å². The van der Waals surface area contributed by atoms with Crippen LogP contribution in [0.25, 0.3) is 11.3 Å². The first-order valence-corrected chi connectivity index (χ1v) is 8.15. The molecule has 1 aromatic carbocycles. The highest BCUT2D eigenvalue weighted by Gasteiger charge is 2.15. The number of hydrogen-bond acceptors (Lipinski definition) is 6. The molecule has 0 aliphatic heterocycles. The second-order valence-corrected chi connectivity index (χ2v) is 6.14. The Bertz CT molecular complexity index is 640. The molecule has 6 nitrogen and oxygen atoms in total. The lowest BCUT2D eigenvalue weighted by Gasteiger charge is -2.09. The number of aromatic nitrogens is 1. The van der Waals surface area contributed by atoms with Crippen LogP contribution in [0.2, 0.25) is 0 Å². The minimum atomic E-state index is -0.709. The maximum absolute atomic E-state index is 11.8. The number of nitrogens with zero attached hydrogens (tertiary/aromatic N) is 1. The lowest BCUT2D eigenvalue weighted by molar-refractivity contribution is -0.118. The van der Waals surface area contributed by atoms with Crippen molar-refractivity contribution in [2.75, 3.05) is 19.0 Å². The van der Waals surface area contributed by atoms with Crippen molar-refractivity contribution in [3.05, 3.63) is 29.6 Å². The largest absolute Gasteiger partial charge is 0.491 e. The standard InChI is InChI=1S/C16H21N3O3S/c1-10(2)22-12-6-4-11(5-7-12)14-9-23-16(18-14)19-15(20)13(17)8-21-3/h4-7,9-10,13H,8,17H2,1-3H3,(H,18,19,20). The van der Waals surface area contributed by atoms with Gasteiger partial charge in [0.15, 0.2) is 5.13 Å². The number of amides is 1. The van der Waals surface area contributed by atoms with Crippen LogP contribution in [-0.4, -0.2) is 36.8 Å². The van der Waals surface area contributed by atoms with Crippen LogP contribution in [-0.2, 0) is 9.53 Å². The number of thiazole rings is 1. The van der Waals surface area contributed by atoms with Crippen LogP contribution in [0.4, 0.5) is 5.13 Å². The van der Waals surface area contributed by atoms with Crippen molar-refractivity contribution in [2.45, 2.75) is 26.0 Å². The molecule has 2 aromatic rings. The number of rotatable bonds is 7. The number of carbonyl (C=O) groups is 1. The number of nitrogens with one attached hydrogen (secondary N) is 1. The van der Waals surface area contributed by atoms with Crippen molar-refractivity contribution in [3.8, 4) is 17.0 Å². The monoisotopic (exact) mass is 335 g/mol. The average Bonchev–Trinajstić information content (AvgIpc) is 2.96. The molecule has 0 saturated carbocycles. The molecule has 1 atom stereocenters. The summed E-state index contributed by atoms with van der Waals surface area (Å²) in [6.45, 7) is 4.14. The van der Waals surface area contributed by atoms with E-state index in [-0.39, 0.29) is 18.6 Å². The molecule has 0 saturated heterocycles. The van der Waals surface area contributed by atoms with Crippen LogP contribution in [0.1, 0.15) is 13.8 Å². The number of benzene rings is 1. The Labute approximate surface area is 139 Å². The molecular weight excluding hydrogens is 314 g/mol. The van der Waals surface area contributed by atoms with Gasteiger partial charge in [-0.1, -0.05) is 0 Å². The second-order valence-electron chi connectivity index (χ2n) is 5.28. The molecule has 3 N–H and O–H groups in total. The van der Waals surface area contributed by atoms with E-state index >= 15 is 0 Å². The third-order valence-corrected chi connectivity index (χ3v) is 3.70. The van der Waals surface area contributed by atoms with Gasteiger partial charge in [0, 0.05) is 18.1 Å². The van der Waals surface area contributed by atoms with Gasteiger partial charge in [-0.15, -0.1) is 11.3 Å². The highest BCUT2D eigenvalue weighted by molar-refractivity contribution is 7.14. The third kappa shape index (κ3) is 5.02. The van der Waals surface area contributed by atoms with E-state index in [1.54, 1.807) is 0 Å². The Morgan fingerprint density at radius 1 is 1.35 bits per heavy atom. The van der Waals surface area contributed by atoms with E-state index in [9.17, 15) is 4.79 Å². The lowest BCUT2D eigenvalue weighted by atomic mass is 10.2. The fourth-order valence-electron chi connectivity index (χ4n) is 1.89. The normalized spacial score (nSPS) is 12.2. The van der Waals surface area contributed by atoms with Gasteiger partial charge in [-0.25, -0.2) is 4.98 Å². The van der Waals surface area contributed by atoms with Gasteiger partial charge in [0.25, 0.3) is 0 Å². The van der Waals surface area contributed by atoms with Crippen molar-refractivity contribution >= 4 is 22.4 Å². The minimum absolute atomic E-state index is 0.137. The maximum atomic E-state index is 11.8. The van der Waals surface area contributed by atoms with Gasteiger partial charge in [-0.2, -0.15) is 0 Å². The van der Waals surface area contributed by atoms with Crippen molar-refractivity contribution in [1.82, 2.24) is 4.98 Å². The lowest BCUT2D eigenvalue weighted by Crippen LogP contribution is -2.39. The summed E-state index contributed by atoms with van der Waals surface area (Å²) in [6.07, 6.45) is 0.137. The zero-order valence-electron chi connectivity index (χ0n) is 13.4. The summed E-state index contributed by atoms with van der Waals surface area (Å²) in [5, 5.41) is 5.09. The summed E-state index contributed by atoms with van der Waals surface area (Å²) >= 11 is 1.35. The molecule has 0 aliphatic rings. The summed E-state index contributed by atoms with van der Waals surface area (Å²) in [7, 11) is 1.50. The molecule has 0 radical (unpaired) electrons. The fourth-order valence-corrected chi connectivity index (χ4v) is 2.62. The summed E-state index contributed by atoms with van der Waals surface area (Å²) in [6, 6.07) is 6.98. The highest BCUT2D eigenvalue weighted by Crippen LogP contribution is 2.26. The third-order valence-electron chi connectivity index (χ3n) is 2.94. The summed E-state index contributed by atoms with van der Waals surface area (Å²) in [5.74, 6) is 0.506. The highest BCUT2D eigenvalue weighted by atomic mass is 32.1. The van der Waals surface area contributed by atoms with E-state index in [4.69, 9.17) is 15.2 Å². The molecule has 124 valence electrons. The molecule has 23 heavy (non-hydrogen) atoms. The Balaban J connectivity index is 2.02. The molecule has 0 aliphatic carbocycles. The van der Waals surface area contributed by atoms with Crippen molar-refractivity contribution < 1.29 is 14.3 Å². The molecular formula is C16H21N3O3S. The summed E-state index contributed by atoms with van der Waals surface area (Å²) in [4.78, 5) is 16.2. The SMILES string of the molecule is COCC(N)C(=O)Nc1nc(-c2ccc(OC(C)C)cc2)cs1. The van der Waals surface area contributed by atoms with Crippen LogP contribution in [0, 0.1) is 0 Å². The number of hydrogen-bond donors (Lipinski definition) is 2. The van der Waals surface area contributed by atoms with Crippen LogP contribution in [0.15, 0.2) is 29.6 Å². The van der Waals surface area contributed by atoms with E-state index in [2.05, 4.69) is 10.3 Å². The molecule has 1 aromatic heterocycles. The van der Waals surface area contributed by atoms with Gasteiger partial charge in [0.1, 0.15) is 11.8 Å². The molecule has 0 bridgehead atoms. The Morgan fingerprint density at radius 2 is 2.04 bits per heavy atom. The number of ether oxygens (including phenoxy) is 2. The quantitative estimate of drug-likeness (QED) is 0.812.